The second kappa shape index (κ2) is 8.52. The maximum Gasteiger partial charge on any atom is 0.435 e. The highest BCUT2D eigenvalue weighted by Gasteiger charge is 2.39. The Morgan fingerprint density at radius 2 is 1.97 bits per heavy atom. The van der Waals surface area contributed by atoms with Gasteiger partial charge in [0, 0.05) is 11.3 Å². The van der Waals surface area contributed by atoms with Gasteiger partial charge in [0.15, 0.2) is 5.69 Å². The molecule has 2 heterocycles. The molecule has 3 aromatic rings. The summed E-state index contributed by atoms with van der Waals surface area (Å²) in [4.78, 5) is 16.6. The van der Waals surface area contributed by atoms with Crippen molar-refractivity contribution in [3.8, 4) is 0 Å². The summed E-state index contributed by atoms with van der Waals surface area (Å²) >= 11 is 0. The Morgan fingerprint density at radius 1 is 1.16 bits per heavy atom. The number of carbonyl (C=O) groups is 1. The van der Waals surface area contributed by atoms with Crippen LogP contribution < -0.4 is 5.32 Å². The number of amides is 1. The van der Waals surface area contributed by atoms with Crippen molar-refractivity contribution in [2.24, 2.45) is 0 Å². The molecular formula is C21H23F3N6O. The molecule has 0 bridgehead atoms. The van der Waals surface area contributed by atoms with E-state index in [9.17, 15) is 18.0 Å². The zero-order valence-electron chi connectivity index (χ0n) is 17.1. The lowest BCUT2D eigenvalue weighted by Crippen LogP contribution is -2.22. The first kappa shape index (κ1) is 21.1. The third-order valence-corrected chi connectivity index (χ3v) is 5.28. The molecule has 0 spiro atoms. The molecule has 31 heavy (non-hydrogen) atoms. The zero-order valence-corrected chi connectivity index (χ0v) is 17.1. The van der Waals surface area contributed by atoms with E-state index >= 15 is 0 Å². The average Bonchev–Trinajstić information content (AvgIpc) is 3.17. The Hall–Kier alpha value is -3.17. The van der Waals surface area contributed by atoms with E-state index in [4.69, 9.17) is 0 Å². The quantitative estimate of drug-likeness (QED) is 0.623. The number of benzene rings is 1. The summed E-state index contributed by atoms with van der Waals surface area (Å²) < 4.78 is 43.0. The smallest absolute Gasteiger partial charge is 0.292 e. The van der Waals surface area contributed by atoms with E-state index in [0.29, 0.717) is 31.5 Å². The van der Waals surface area contributed by atoms with Crippen LogP contribution in [0.3, 0.4) is 0 Å². The van der Waals surface area contributed by atoms with Crippen LogP contribution in [0.5, 0.6) is 0 Å². The fourth-order valence-corrected chi connectivity index (χ4v) is 3.93. The largest absolute Gasteiger partial charge is 0.435 e. The number of hydrogen-bond donors (Lipinski definition) is 1. The van der Waals surface area contributed by atoms with E-state index < -0.39 is 17.8 Å². The summed E-state index contributed by atoms with van der Waals surface area (Å²) in [6.45, 7) is 2.17. The van der Waals surface area contributed by atoms with E-state index in [1.807, 2.05) is 31.2 Å². The number of carbonyl (C=O) groups excluding carboxylic acids is 1. The molecule has 0 atom stereocenters. The van der Waals surface area contributed by atoms with Crippen LogP contribution in [0.2, 0.25) is 0 Å². The predicted octanol–water partition coefficient (Wildman–Crippen LogP) is 3.76. The number of aromatic nitrogens is 5. The van der Waals surface area contributed by atoms with Gasteiger partial charge in [0.1, 0.15) is 12.9 Å². The normalized spacial score (nSPS) is 14.2. The molecule has 0 radical (unpaired) electrons. The SMILES string of the molecule is Cc1cccc(Cn2cnc(NC(=O)Cn3nc(C(F)(F)F)c4c3CCCCC4)n2)c1. The molecule has 1 N–H and O–H groups in total. The minimum Gasteiger partial charge on any atom is -0.292 e. The van der Waals surface area contributed by atoms with Crippen LogP contribution in [0.4, 0.5) is 19.1 Å². The number of hydrogen-bond acceptors (Lipinski definition) is 4. The molecule has 0 fully saturated rings. The van der Waals surface area contributed by atoms with Gasteiger partial charge in [0.25, 0.3) is 0 Å². The maximum atomic E-state index is 13.4. The molecule has 1 aromatic carbocycles. The lowest BCUT2D eigenvalue weighted by molar-refractivity contribution is -0.142. The highest BCUT2D eigenvalue weighted by Crippen LogP contribution is 2.35. The number of aryl methyl sites for hydroxylation is 1. The highest BCUT2D eigenvalue weighted by molar-refractivity contribution is 5.88. The fraction of sp³-hybridized carbons (Fsp3) is 0.429. The topological polar surface area (TPSA) is 77.6 Å². The van der Waals surface area contributed by atoms with Crippen molar-refractivity contribution in [2.45, 2.75) is 58.3 Å². The Labute approximate surface area is 177 Å². The maximum absolute atomic E-state index is 13.4. The van der Waals surface area contributed by atoms with Gasteiger partial charge in [-0.05, 0) is 38.2 Å². The van der Waals surface area contributed by atoms with Gasteiger partial charge in [0.05, 0.1) is 6.54 Å². The first-order valence-corrected chi connectivity index (χ1v) is 10.2. The van der Waals surface area contributed by atoms with Crippen molar-refractivity contribution >= 4 is 11.9 Å². The number of nitrogens with zero attached hydrogens (tertiary/aromatic N) is 5. The van der Waals surface area contributed by atoms with Crippen LogP contribution in [0.1, 0.15) is 47.3 Å². The van der Waals surface area contributed by atoms with Gasteiger partial charge in [0.2, 0.25) is 11.9 Å². The summed E-state index contributed by atoms with van der Waals surface area (Å²) in [6, 6.07) is 7.94. The molecule has 1 amide bonds. The zero-order chi connectivity index (χ0) is 22.0. The van der Waals surface area contributed by atoms with Crippen molar-refractivity contribution < 1.29 is 18.0 Å². The minimum absolute atomic E-state index is 0.104. The number of fused-ring (bicyclic) bond motifs is 1. The van der Waals surface area contributed by atoms with Crippen molar-refractivity contribution in [1.82, 2.24) is 24.5 Å². The van der Waals surface area contributed by atoms with Crippen molar-refractivity contribution in [1.29, 1.82) is 0 Å². The van der Waals surface area contributed by atoms with Crippen LogP contribution in [-0.2, 0) is 36.9 Å². The standard InChI is InChI=1S/C21H23F3N6O/c1-14-6-5-7-15(10-14)11-29-13-25-20(28-29)26-18(31)12-30-17-9-4-2-3-8-16(17)19(27-30)21(22,23)24/h5-7,10,13H,2-4,8-9,11-12H2,1H3,(H,26,28,31). The lowest BCUT2D eigenvalue weighted by Gasteiger charge is -2.07. The summed E-state index contributed by atoms with van der Waals surface area (Å²) in [5, 5.41) is 10.5. The molecule has 164 valence electrons. The molecule has 4 rings (SSSR count). The molecule has 7 nitrogen and oxygen atoms in total. The van der Waals surface area contributed by atoms with Gasteiger partial charge in [-0.2, -0.15) is 18.3 Å². The van der Waals surface area contributed by atoms with Gasteiger partial charge in [-0.1, -0.05) is 36.2 Å². The van der Waals surface area contributed by atoms with Crippen LogP contribution in [0.15, 0.2) is 30.6 Å². The van der Waals surface area contributed by atoms with Gasteiger partial charge < -0.3 is 0 Å². The Morgan fingerprint density at radius 3 is 2.74 bits per heavy atom. The first-order chi connectivity index (χ1) is 14.8. The molecule has 1 aliphatic rings. The molecule has 10 heteroatoms. The van der Waals surface area contributed by atoms with Crippen molar-refractivity contribution in [3.05, 3.63) is 58.7 Å². The summed E-state index contributed by atoms with van der Waals surface area (Å²) in [7, 11) is 0. The Bertz CT molecular complexity index is 1090. The van der Waals surface area contributed by atoms with E-state index in [2.05, 4.69) is 20.5 Å². The summed E-state index contributed by atoms with van der Waals surface area (Å²) in [5.41, 5.74) is 2.01. The number of anilines is 1. The fourth-order valence-electron chi connectivity index (χ4n) is 3.93. The van der Waals surface area contributed by atoms with Crippen LogP contribution in [-0.4, -0.2) is 30.5 Å². The van der Waals surface area contributed by atoms with Crippen LogP contribution >= 0.6 is 0 Å². The first-order valence-electron chi connectivity index (χ1n) is 10.2. The molecule has 1 aliphatic carbocycles. The van der Waals surface area contributed by atoms with E-state index in [0.717, 1.165) is 24.0 Å². The molecule has 0 unspecified atom stereocenters. The third-order valence-electron chi connectivity index (χ3n) is 5.28. The van der Waals surface area contributed by atoms with Gasteiger partial charge in [-0.15, -0.1) is 5.10 Å². The lowest BCUT2D eigenvalue weighted by atomic mass is 10.1. The number of alkyl halides is 3. The predicted molar refractivity (Wildman–Crippen MR) is 107 cm³/mol. The van der Waals surface area contributed by atoms with Gasteiger partial charge in [-0.3, -0.25) is 14.8 Å². The van der Waals surface area contributed by atoms with Gasteiger partial charge >= 0.3 is 6.18 Å². The van der Waals surface area contributed by atoms with Crippen molar-refractivity contribution in [2.75, 3.05) is 5.32 Å². The molecule has 2 aromatic heterocycles. The number of nitrogens with one attached hydrogen (secondary N) is 1. The third kappa shape index (κ3) is 4.95. The second-order valence-electron chi connectivity index (χ2n) is 7.79. The molecular weight excluding hydrogens is 409 g/mol. The molecule has 0 aliphatic heterocycles. The van der Waals surface area contributed by atoms with Crippen LogP contribution in [0.25, 0.3) is 0 Å². The number of rotatable bonds is 5. The van der Waals surface area contributed by atoms with Crippen LogP contribution in [0, 0.1) is 6.92 Å². The average molecular weight is 432 g/mol. The van der Waals surface area contributed by atoms with Crippen molar-refractivity contribution in [3.63, 3.8) is 0 Å². The monoisotopic (exact) mass is 432 g/mol. The molecule has 0 saturated heterocycles. The Kier molecular flexibility index (Phi) is 5.79. The van der Waals surface area contributed by atoms with E-state index in [-0.39, 0.29) is 18.1 Å². The van der Waals surface area contributed by atoms with E-state index in [1.54, 1.807) is 4.68 Å². The summed E-state index contributed by atoms with van der Waals surface area (Å²) in [5.74, 6) is -0.413. The minimum atomic E-state index is -4.54. The second-order valence-corrected chi connectivity index (χ2v) is 7.79. The molecule has 0 saturated carbocycles. The highest BCUT2D eigenvalue weighted by atomic mass is 19.4. The van der Waals surface area contributed by atoms with E-state index in [1.165, 1.54) is 11.0 Å². The number of halogens is 3. The summed E-state index contributed by atoms with van der Waals surface area (Å²) in [6.07, 6.45) is 0.108. The van der Waals surface area contributed by atoms with Gasteiger partial charge in [-0.25, -0.2) is 9.67 Å². The Balaban J connectivity index is 1.46.